The number of nitrogens with zero attached hydrogens (tertiary/aromatic N) is 7. The highest BCUT2D eigenvalue weighted by atomic mass is 32.2. The summed E-state index contributed by atoms with van der Waals surface area (Å²) in [4.78, 5) is 30.9. The lowest BCUT2D eigenvalue weighted by molar-refractivity contribution is -0.395. The maximum atomic E-state index is 13.1. The summed E-state index contributed by atoms with van der Waals surface area (Å²) in [6, 6.07) is 7.27. The van der Waals surface area contributed by atoms with Crippen LogP contribution in [0.1, 0.15) is 5.56 Å². The molecule has 3 heterocycles. The molecule has 2 aromatic heterocycles. The minimum atomic E-state index is -4.18. The maximum absolute atomic E-state index is 13.1. The van der Waals surface area contributed by atoms with Crippen molar-refractivity contribution in [2.24, 2.45) is 0 Å². The van der Waals surface area contributed by atoms with Crippen LogP contribution in [0, 0.1) is 27.2 Å². The van der Waals surface area contributed by atoms with E-state index in [4.69, 9.17) is 0 Å². The Morgan fingerprint density at radius 2 is 1.42 bits per heavy atom. The van der Waals surface area contributed by atoms with Crippen molar-refractivity contribution >= 4 is 27.2 Å². The Morgan fingerprint density at radius 3 is 1.97 bits per heavy atom. The first-order valence-electron chi connectivity index (χ1n) is 9.82. The summed E-state index contributed by atoms with van der Waals surface area (Å²) < 4.78 is 29.3. The number of sulfonamides is 1. The van der Waals surface area contributed by atoms with Gasteiger partial charge in [0.25, 0.3) is 11.4 Å². The van der Waals surface area contributed by atoms with Crippen LogP contribution in [0.25, 0.3) is 5.82 Å². The Balaban J connectivity index is 1.56. The Kier molecular flexibility index (Phi) is 5.78. The van der Waals surface area contributed by atoms with Crippen LogP contribution in [0.4, 0.5) is 17.2 Å². The first kappa shape index (κ1) is 22.3. The van der Waals surface area contributed by atoms with Crippen LogP contribution < -0.4 is 4.90 Å². The third-order valence-corrected chi connectivity index (χ3v) is 7.30. The molecule has 0 aliphatic carbocycles. The number of piperazine rings is 1. The van der Waals surface area contributed by atoms with Gasteiger partial charge in [0, 0.05) is 56.8 Å². The molecule has 3 aromatic rings. The van der Waals surface area contributed by atoms with Gasteiger partial charge >= 0.3 is 0 Å². The van der Waals surface area contributed by atoms with Gasteiger partial charge in [-0.25, -0.2) is 18.4 Å². The van der Waals surface area contributed by atoms with E-state index in [2.05, 4.69) is 9.97 Å². The monoisotopic (exact) mass is 473 g/mol. The highest BCUT2D eigenvalue weighted by Crippen LogP contribution is 2.33. The van der Waals surface area contributed by atoms with Gasteiger partial charge in [-0.15, -0.1) is 0 Å². The van der Waals surface area contributed by atoms with Gasteiger partial charge in [-0.1, -0.05) is 0 Å². The van der Waals surface area contributed by atoms with E-state index in [9.17, 15) is 28.6 Å². The van der Waals surface area contributed by atoms with Gasteiger partial charge in [-0.2, -0.15) is 4.31 Å². The standard InChI is InChI=1S/C19H19N7O6S/c1-14-16(25(27)28)10-15(11-17(14)26(29)30)33(31,32)24-8-6-23(7-9-24)19-12-18(20-13-21-19)22-4-2-3-5-22/h2-5,10-13H,6-9H2,1H3. The van der Waals surface area contributed by atoms with Crippen LogP contribution in [0.5, 0.6) is 0 Å². The third-order valence-electron chi connectivity index (χ3n) is 5.43. The van der Waals surface area contributed by atoms with Gasteiger partial charge in [-0.3, -0.25) is 20.2 Å². The molecule has 13 nitrogen and oxygen atoms in total. The molecule has 0 N–H and O–H groups in total. The van der Waals surface area contributed by atoms with Crippen molar-refractivity contribution in [3.63, 3.8) is 0 Å². The van der Waals surface area contributed by atoms with Crippen LogP contribution in [0.3, 0.4) is 0 Å². The van der Waals surface area contributed by atoms with Crippen LogP contribution in [-0.2, 0) is 10.0 Å². The van der Waals surface area contributed by atoms with Crippen molar-refractivity contribution in [3.8, 4) is 5.82 Å². The van der Waals surface area contributed by atoms with Gasteiger partial charge < -0.3 is 9.47 Å². The molecular formula is C19H19N7O6S. The molecule has 4 rings (SSSR count). The normalized spacial score (nSPS) is 14.9. The second-order valence-electron chi connectivity index (χ2n) is 7.32. The fourth-order valence-electron chi connectivity index (χ4n) is 3.63. The van der Waals surface area contributed by atoms with Crippen molar-refractivity contribution in [1.29, 1.82) is 0 Å². The molecule has 14 heteroatoms. The molecule has 33 heavy (non-hydrogen) atoms. The van der Waals surface area contributed by atoms with Gasteiger partial charge in [0.1, 0.15) is 23.5 Å². The first-order valence-corrected chi connectivity index (χ1v) is 11.3. The summed E-state index contributed by atoms with van der Waals surface area (Å²) in [7, 11) is -4.18. The summed E-state index contributed by atoms with van der Waals surface area (Å²) in [5.74, 6) is 1.30. The highest BCUT2D eigenvalue weighted by Gasteiger charge is 2.33. The van der Waals surface area contributed by atoms with Crippen LogP contribution in [-0.4, -0.2) is 63.3 Å². The van der Waals surface area contributed by atoms with E-state index >= 15 is 0 Å². The number of benzene rings is 1. The predicted molar refractivity (Wildman–Crippen MR) is 117 cm³/mol. The summed E-state index contributed by atoms with van der Waals surface area (Å²) in [6.45, 7) is 2.02. The van der Waals surface area contributed by atoms with Crippen molar-refractivity contribution in [2.45, 2.75) is 11.8 Å². The second-order valence-corrected chi connectivity index (χ2v) is 9.25. The lowest BCUT2D eigenvalue weighted by Gasteiger charge is -2.34. The largest absolute Gasteiger partial charge is 0.354 e. The summed E-state index contributed by atoms with van der Waals surface area (Å²) >= 11 is 0. The number of hydrogen-bond acceptors (Lipinski definition) is 9. The Labute approximate surface area is 188 Å². The Morgan fingerprint density at radius 1 is 0.879 bits per heavy atom. The predicted octanol–water partition coefficient (Wildman–Crippen LogP) is 1.90. The fourth-order valence-corrected chi connectivity index (χ4v) is 5.10. The fraction of sp³-hybridized carbons (Fsp3) is 0.263. The molecule has 0 amide bonds. The van der Waals surface area contributed by atoms with Crippen molar-refractivity contribution < 1.29 is 18.3 Å². The first-order chi connectivity index (χ1) is 15.7. The average Bonchev–Trinajstić information content (AvgIpc) is 3.34. The SMILES string of the molecule is Cc1c([N+](=O)[O-])cc(S(=O)(=O)N2CCN(c3cc(-n4cccc4)ncn3)CC2)cc1[N+](=O)[O-]. The molecule has 1 fully saturated rings. The van der Waals surface area contributed by atoms with E-state index in [1.807, 2.05) is 34.0 Å². The lowest BCUT2D eigenvalue weighted by atomic mass is 10.1. The van der Waals surface area contributed by atoms with E-state index in [-0.39, 0.29) is 18.7 Å². The van der Waals surface area contributed by atoms with E-state index in [0.29, 0.717) is 24.7 Å². The minimum absolute atomic E-state index is 0.0840. The number of anilines is 1. The molecule has 0 bridgehead atoms. The Hall–Kier alpha value is -3.91. The minimum Gasteiger partial charge on any atom is -0.354 e. The van der Waals surface area contributed by atoms with Gasteiger partial charge in [0.2, 0.25) is 10.0 Å². The van der Waals surface area contributed by atoms with Crippen LogP contribution in [0.2, 0.25) is 0 Å². The molecule has 1 aliphatic heterocycles. The van der Waals surface area contributed by atoms with Gasteiger partial charge in [-0.05, 0) is 19.1 Å². The van der Waals surface area contributed by atoms with Gasteiger partial charge in [0.15, 0.2) is 0 Å². The molecule has 0 spiro atoms. The molecule has 0 saturated carbocycles. The zero-order valence-corrected chi connectivity index (χ0v) is 18.3. The molecule has 1 aromatic carbocycles. The van der Waals surface area contributed by atoms with Crippen molar-refractivity contribution in [1.82, 2.24) is 18.8 Å². The molecule has 0 atom stereocenters. The van der Waals surface area contributed by atoms with Crippen LogP contribution in [0.15, 0.2) is 53.9 Å². The number of nitro benzene ring substituents is 2. The van der Waals surface area contributed by atoms with E-state index in [0.717, 1.165) is 16.4 Å². The van der Waals surface area contributed by atoms with E-state index in [1.165, 1.54) is 13.3 Å². The molecule has 0 radical (unpaired) electrons. The topological polar surface area (TPSA) is 158 Å². The van der Waals surface area contributed by atoms with Crippen molar-refractivity contribution in [3.05, 3.63) is 74.8 Å². The summed E-state index contributed by atoms with van der Waals surface area (Å²) in [5.41, 5.74) is -1.42. The number of rotatable bonds is 6. The highest BCUT2D eigenvalue weighted by molar-refractivity contribution is 7.89. The smallest absolute Gasteiger partial charge is 0.280 e. The average molecular weight is 473 g/mol. The van der Waals surface area contributed by atoms with E-state index in [1.54, 1.807) is 6.07 Å². The molecular weight excluding hydrogens is 454 g/mol. The molecule has 0 unspecified atom stereocenters. The van der Waals surface area contributed by atoms with E-state index < -0.39 is 36.1 Å². The number of nitro groups is 2. The quantitative estimate of drug-likeness (QED) is 0.385. The summed E-state index contributed by atoms with van der Waals surface area (Å²) in [6.07, 6.45) is 5.12. The van der Waals surface area contributed by atoms with Crippen LogP contribution >= 0.6 is 0 Å². The third kappa shape index (κ3) is 4.25. The zero-order chi connectivity index (χ0) is 23.8. The number of aromatic nitrogens is 3. The van der Waals surface area contributed by atoms with Crippen molar-refractivity contribution in [2.75, 3.05) is 31.1 Å². The zero-order valence-electron chi connectivity index (χ0n) is 17.4. The maximum Gasteiger partial charge on any atom is 0.280 e. The lowest BCUT2D eigenvalue weighted by Crippen LogP contribution is -2.49. The molecule has 1 aliphatic rings. The molecule has 172 valence electrons. The second kappa shape index (κ2) is 8.55. The Bertz CT molecular complexity index is 1280. The number of hydrogen-bond donors (Lipinski definition) is 0. The summed E-state index contributed by atoms with van der Waals surface area (Å²) in [5, 5.41) is 22.6. The molecule has 1 saturated heterocycles. The van der Waals surface area contributed by atoms with Gasteiger partial charge in [0.05, 0.1) is 14.7 Å².